The fourth-order valence-electron chi connectivity index (χ4n) is 1.12. The molecule has 0 amide bonds. The SMILES string of the molecule is Cc1cc(Br)ccc1CC(=O)CCl. The average Bonchev–Trinajstić information content (AvgIpc) is 2.09. The maximum Gasteiger partial charge on any atom is 0.151 e. The standard InChI is InChI=1S/C10H10BrClO/c1-7-4-9(11)3-2-8(7)5-10(13)6-12/h2-4H,5-6H2,1H3. The van der Waals surface area contributed by atoms with Gasteiger partial charge in [-0.05, 0) is 30.2 Å². The minimum absolute atomic E-state index is 0.0621. The molecule has 0 aliphatic carbocycles. The van der Waals surface area contributed by atoms with Crippen LogP contribution in [-0.2, 0) is 11.2 Å². The molecular weight excluding hydrogens is 251 g/mol. The number of halogens is 2. The van der Waals surface area contributed by atoms with Gasteiger partial charge < -0.3 is 0 Å². The second kappa shape index (κ2) is 4.77. The largest absolute Gasteiger partial charge is 0.298 e. The van der Waals surface area contributed by atoms with E-state index >= 15 is 0 Å². The molecule has 70 valence electrons. The molecule has 0 heterocycles. The smallest absolute Gasteiger partial charge is 0.151 e. The molecule has 1 aromatic carbocycles. The summed E-state index contributed by atoms with van der Waals surface area (Å²) in [5.41, 5.74) is 2.17. The number of ketones is 1. The van der Waals surface area contributed by atoms with Crippen molar-refractivity contribution in [3.05, 3.63) is 33.8 Å². The predicted octanol–water partition coefficient (Wildman–Crippen LogP) is 3.11. The van der Waals surface area contributed by atoms with Crippen LogP contribution in [0.5, 0.6) is 0 Å². The Labute approximate surface area is 91.2 Å². The zero-order chi connectivity index (χ0) is 9.84. The first-order valence-electron chi connectivity index (χ1n) is 3.96. The topological polar surface area (TPSA) is 17.1 Å². The highest BCUT2D eigenvalue weighted by Gasteiger charge is 2.04. The summed E-state index contributed by atoms with van der Waals surface area (Å²) in [5, 5.41) is 0. The molecule has 1 aromatic rings. The summed E-state index contributed by atoms with van der Waals surface area (Å²) >= 11 is 8.80. The fourth-order valence-corrected chi connectivity index (χ4v) is 1.69. The van der Waals surface area contributed by atoms with Crippen molar-refractivity contribution in [3.63, 3.8) is 0 Å². The van der Waals surface area contributed by atoms with Gasteiger partial charge in [0.05, 0.1) is 5.88 Å². The number of carbonyl (C=O) groups excluding carboxylic acids is 1. The van der Waals surface area contributed by atoms with E-state index in [1.807, 2.05) is 25.1 Å². The van der Waals surface area contributed by atoms with Crippen LogP contribution in [-0.4, -0.2) is 11.7 Å². The van der Waals surface area contributed by atoms with Gasteiger partial charge in [-0.25, -0.2) is 0 Å². The van der Waals surface area contributed by atoms with Crippen LogP contribution in [0.15, 0.2) is 22.7 Å². The monoisotopic (exact) mass is 260 g/mol. The average molecular weight is 262 g/mol. The third-order valence-electron chi connectivity index (χ3n) is 1.84. The zero-order valence-electron chi connectivity index (χ0n) is 7.31. The van der Waals surface area contributed by atoms with Gasteiger partial charge in [0.1, 0.15) is 0 Å². The Kier molecular flexibility index (Phi) is 3.94. The predicted molar refractivity (Wildman–Crippen MR) is 58.3 cm³/mol. The summed E-state index contributed by atoms with van der Waals surface area (Å²) in [7, 11) is 0. The molecule has 0 atom stereocenters. The number of aryl methyl sites for hydroxylation is 1. The number of hydrogen-bond donors (Lipinski definition) is 0. The minimum Gasteiger partial charge on any atom is -0.298 e. The van der Waals surface area contributed by atoms with Crippen LogP contribution >= 0.6 is 27.5 Å². The van der Waals surface area contributed by atoms with E-state index in [0.717, 1.165) is 15.6 Å². The molecule has 0 saturated heterocycles. The number of benzene rings is 1. The first-order chi connectivity index (χ1) is 6.13. The highest BCUT2D eigenvalue weighted by Crippen LogP contribution is 2.16. The van der Waals surface area contributed by atoms with E-state index in [1.165, 1.54) is 0 Å². The molecule has 0 radical (unpaired) electrons. The van der Waals surface area contributed by atoms with Crippen molar-refractivity contribution < 1.29 is 4.79 Å². The lowest BCUT2D eigenvalue weighted by molar-refractivity contribution is -0.116. The van der Waals surface area contributed by atoms with Crippen LogP contribution in [0.3, 0.4) is 0 Å². The van der Waals surface area contributed by atoms with E-state index in [9.17, 15) is 4.79 Å². The number of rotatable bonds is 3. The summed E-state index contributed by atoms with van der Waals surface area (Å²) in [6.45, 7) is 1.99. The van der Waals surface area contributed by atoms with Crippen molar-refractivity contribution in [1.29, 1.82) is 0 Å². The maximum atomic E-state index is 11.1. The van der Waals surface area contributed by atoms with E-state index in [-0.39, 0.29) is 11.7 Å². The van der Waals surface area contributed by atoms with Gasteiger partial charge in [-0.15, -0.1) is 11.6 Å². The lowest BCUT2D eigenvalue weighted by atomic mass is 10.0. The van der Waals surface area contributed by atoms with Crippen LogP contribution < -0.4 is 0 Å². The van der Waals surface area contributed by atoms with Gasteiger partial charge in [0.25, 0.3) is 0 Å². The number of alkyl halides is 1. The lowest BCUT2D eigenvalue weighted by Gasteiger charge is -2.03. The number of Topliss-reactive ketones (excluding diaryl/α,β-unsaturated/α-hetero) is 1. The molecule has 0 bridgehead atoms. The van der Waals surface area contributed by atoms with Crippen LogP contribution in [0.2, 0.25) is 0 Å². The Bertz CT molecular complexity index is 323. The van der Waals surface area contributed by atoms with Crippen molar-refractivity contribution in [3.8, 4) is 0 Å². The van der Waals surface area contributed by atoms with Crippen molar-refractivity contribution in [2.45, 2.75) is 13.3 Å². The van der Waals surface area contributed by atoms with Gasteiger partial charge in [0.15, 0.2) is 5.78 Å². The Morgan fingerprint density at radius 1 is 1.54 bits per heavy atom. The van der Waals surface area contributed by atoms with Crippen LogP contribution in [0.25, 0.3) is 0 Å². The first-order valence-corrected chi connectivity index (χ1v) is 5.29. The quantitative estimate of drug-likeness (QED) is 0.764. The molecule has 13 heavy (non-hydrogen) atoms. The summed E-state index contributed by atoms with van der Waals surface area (Å²) in [6.07, 6.45) is 0.433. The minimum atomic E-state index is 0.0621. The van der Waals surface area contributed by atoms with Crippen LogP contribution in [0.4, 0.5) is 0 Å². The number of carbonyl (C=O) groups is 1. The van der Waals surface area contributed by atoms with Gasteiger partial charge >= 0.3 is 0 Å². The maximum absolute atomic E-state index is 11.1. The van der Waals surface area contributed by atoms with Gasteiger partial charge in [0, 0.05) is 10.9 Å². The summed E-state index contributed by atoms with van der Waals surface area (Å²) < 4.78 is 1.03. The molecule has 0 unspecified atom stereocenters. The van der Waals surface area contributed by atoms with Gasteiger partial charge in [-0.3, -0.25) is 4.79 Å². The molecule has 0 fully saturated rings. The zero-order valence-corrected chi connectivity index (χ0v) is 9.65. The molecule has 0 spiro atoms. The third kappa shape index (κ3) is 3.12. The Hall–Kier alpha value is -0.340. The highest BCUT2D eigenvalue weighted by molar-refractivity contribution is 9.10. The highest BCUT2D eigenvalue weighted by atomic mass is 79.9. The molecule has 1 rings (SSSR count). The van der Waals surface area contributed by atoms with E-state index < -0.39 is 0 Å². The second-order valence-electron chi connectivity index (χ2n) is 2.92. The molecule has 0 N–H and O–H groups in total. The van der Waals surface area contributed by atoms with Crippen LogP contribution in [0.1, 0.15) is 11.1 Å². The molecule has 0 aliphatic rings. The molecule has 0 aliphatic heterocycles. The third-order valence-corrected chi connectivity index (χ3v) is 2.63. The fraction of sp³-hybridized carbons (Fsp3) is 0.300. The lowest BCUT2D eigenvalue weighted by Crippen LogP contribution is -2.04. The summed E-state index contributed by atoms with van der Waals surface area (Å²) in [5.74, 6) is 0.155. The van der Waals surface area contributed by atoms with Crippen molar-refractivity contribution in [2.75, 3.05) is 5.88 Å². The Morgan fingerprint density at radius 2 is 2.23 bits per heavy atom. The Morgan fingerprint density at radius 3 is 2.77 bits per heavy atom. The summed E-state index contributed by atoms with van der Waals surface area (Å²) in [4.78, 5) is 11.1. The van der Waals surface area contributed by atoms with Crippen molar-refractivity contribution in [1.82, 2.24) is 0 Å². The second-order valence-corrected chi connectivity index (χ2v) is 4.10. The molecular formula is C10H10BrClO. The van der Waals surface area contributed by atoms with Gasteiger partial charge in [0.2, 0.25) is 0 Å². The molecule has 1 nitrogen and oxygen atoms in total. The molecule has 3 heteroatoms. The van der Waals surface area contributed by atoms with E-state index in [2.05, 4.69) is 15.9 Å². The van der Waals surface area contributed by atoms with Crippen molar-refractivity contribution in [2.24, 2.45) is 0 Å². The van der Waals surface area contributed by atoms with Gasteiger partial charge in [-0.1, -0.05) is 22.0 Å². The Balaban J connectivity index is 2.83. The summed E-state index contributed by atoms with van der Waals surface area (Å²) in [6, 6.07) is 5.88. The molecule has 0 aromatic heterocycles. The van der Waals surface area contributed by atoms with E-state index in [0.29, 0.717) is 6.42 Å². The van der Waals surface area contributed by atoms with Crippen molar-refractivity contribution >= 4 is 33.3 Å². The number of hydrogen-bond acceptors (Lipinski definition) is 1. The first kappa shape index (κ1) is 10.7. The normalized spacial score (nSPS) is 10.1. The van der Waals surface area contributed by atoms with E-state index in [1.54, 1.807) is 0 Å². The van der Waals surface area contributed by atoms with E-state index in [4.69, 9.17) is 11.6 Å². The van der Waals surface area contributed by atoms with Crippen LogP contribution in [0, 0.1) is 6.92 Å². The molecule has 0 saturated carbocycles. The van der Waals surface area contributed by atoms with Gasteiger partial charge in [-0.2, -0.15) is 0 Å².